The maximum Gasteiger partial charge on any atom is 0.234 e. The average Bonchev–Trinajstić information content (AvgIpc) is 2.26. The highest BCUT2D eigenvalue weighted by Gasteiger charge is 2.05. The molecule has 0 heterocycles. The Morgan fingerprint density at radius 1 is 1.60 bits per heavy atom. The Labute approximate surface area is 93.3 Å². The molecule has 0 spiro atoms. The predicted molar refractivity (Wildman–Crippen MR) is 58.7 cm³/mol. The molecule has 0 atom stereocenters. The summed E-state index contributed by atoms with van der Waals surface area (Å²) in [6.45, 7) is 0. The van der Waals surface area contributed by atoms with Crippen molar-refractivity contribution >= 4 is 17.5 Å². The van der Waals surface area contributed by atoms with Gasteiger partial charge in [0.05, 0.1) is 7.11 Å². The molecule has 0 unspecified atom stereocenters. The van der Waals surface area contributed by atoms with Gasteiger partial charge in [0.15, 0.2) is 0 Å². The molecule has 15 heavy (non-hydrogen) atoms. The maximum atomic E-state index is 10.9. The lowest BCUT2D eigenvalue weighted by molar-refractivity contribution is -0.121. The smallest absolute Gasteiger partial charge is 0.234 e. The van der Waals surface area contributed by atoms with Gasteiger partial charge in [0.2, 0.25) is 5.91 Å². The van der Waals surface area contributed by atoms with Crippen molar-refractivity contribution in [2.75, 3.05) is 7.11 Å². The van der Waals surface area contributed by atoms with Crippen molar-refractivity contribution in [1.29, 1.82) is 0 Å². The molecule has 0 fully saturated rings. The third-order valence-corrected chi connectivity index (χ3v) is 2.39. The summed E-state index contributed by atoms with van der Waals surface area (Å²) in [5, 5.41) is 0.596. The van der Waals surface area contributed by atoms with Crippen molar-refractivity contribution in [3.05, 3.63) is 28.8 Å². The molecule has 1 amide bonds. The number of carbonyl (C=O) groups excluding carboxylic acids is 1. The minimum absolute atomic E-state index is 0.207. The molecule has 0 saturated carbocycles. The molecule has 1 aromatic carbocycles. The van der Waals surface area contributed by atoms with Gasteiger partial charge in [0.25, 0.3) is 0 Å². The number of carbonyl (C=O) groups is 1. The normalized spacial score (nSPS) is 9.80. The third kappa shape index (κ3) is 3.42. The number of amides is 1. The Balaban J connectivity index is 2.66. The lowest BCUT2D eigenvalue weighted by Gasteiger charge is -2.05. The molecular formula is C10H13ClN2O2. The van der Waals surface area contributed by atoms with E-state index in [0.29, 0.717) is 23.6 Å². The summed E-state index contributed by atoms with van der Waals surface area (Å²) in [5.74, 6) is 5.46. The molecule has 82 valence electrons. The van der Waals surface area contributed by atoms with Gasteiger partial charge < -0.3 is 4.74 Å². The highest BCUT2D eigenvalue weighted by atomic mass is 35.5. The van der Waals surface area contributed by atoms with Gasteiger partial charge in [-0.3, -0.25) is 10.2 Å². The quantitative estimate of drug-likeness (QED) is 0.464. The van der Waals surface area contributed by atoms with Gasteiger partial charge in [-0.25, -0.2) is 5.84 Å². The van der Waals surface area contributed by atoms with Crippen molar-refractivity contribution in [2.24, 2.45) is 5.84 Å². The second kappa shape index (κ2) is 5.58. The summed E-state index contributed by atoms with van der Waals surface area (Å²) in [7, 11) is 1.58. The largest absolute Gasteiger partial charge is 0.497 e. The average molecular weight is 229 g/mol. The van der Waals surface area contributed by atoms with E-state index in [1.807, 2.05) is 12.1 Å². The minimum atomic E-state index is -0.207. The zero-order valence-corrected chi connectivity index (χ0v) is 9.17. The monoisotopic (exact) mass is 228 g/mol. The topological polar surface area (TPSA) is 64.3 Å². The Kier molecular flexibility index (Phi) is 4.39. The Bertz CT molecular complexity index is 355. The first-order chi connectivity index (χ1) is 7.17. The van der Waals surface area contributed by atoms with E-state index >= 15 is 0 Å². The van der Waals surface area contributed by atoms with Crippen LogP contribution in [0, 0.1) is 0 Å². The van der Waals surface area contributed by atoms with Crippen LogP contribution in [-0.4, -0.2) is 13.0 Å². The van der Waals surface area contributed by atoms with E-state index in [0.717, 1.165) is 5.56 Å². The van der Waals surface area contributed by atoms with Crippen LogP contribution in [0.3, 0.4) is 0 Å². The number of hydrogen-bond acceptors (Lipinski definition) is 3. The van der Waals surface area contributed by atoms with E-state index in [1.54, 1.807) is 13.2 Å². The second-order valence-electron chi connectivity index (χ2n) is 3.02. The van der Waals surface area contributed by atoms with E-state index in [4.69, 9.17) is 22.2 Å². The number of methoxy groups -OCH3 is 1. The van der Waals surface area contributed by atoms with Gasteiger partial charge in [-0.1, -0.05) is 17.7 Å². The number of nitrogens with two attached hydrogens (primary N) is 1. The number of hydrazine groups is 1. The van der Waals surface area contributed by atoms with Gasteiger partial charge in [0, 0.05) is 11.4 Å². The molecule has 0 radical (unpaired) electrons. The summed E-state index contributed by atoms with van der Waals surface area (Å²) < 4.78 is 5.01. The zero-order chi connectivity index (χ0) is 11.3. The van der Waals surface area contributed by atoms with Crippen LogP contribution < -0.4 is 16.0 Å². The lowest BCUT2D eigenvalue weighted by atomic mass is 10.1. The van der Waals surface area contributed by atoms with Crippen LogP contribution in [0.25, 0.3) is 0 Å². The number of ether oxygens (including phenoxy) is 1. The Morgan fingerprint density at radius 3 is 2.87 bits per heavy atom. The maximum absolute atomic E-state index is 10.9. The van der Waals surface area contributed by atoms with Gasteiger partial charge in [-0.2, -0.15) is 0 Å². The van der Waals surface area contributed by atoms with Crippen LogP contribution in [0.15, 0.2) is 18.2 Å². The third-order valence-electron chi connectivity index (χ3n) is 2.04. The van der Waals surface area contributed by atoms with Crippen LogP contribution in [0.4, 0.5) is 0 Å². The molecule has 1 aromatic rings. The molecule has 0 aliphatic carbocycles. The number of aryl methyl sites for hydroxylation is 1. The Morgan fingerprint density at radius 2 is 2.33 bits per heavy atom. The number of nitrogens with one attached hydrogen (secondary N) is 1. The Hall–Kier alpha value is -1.26. The van der Waals surface area contributed by atoms with Gasteiger partial charge in [-0.15, -0.1) is 0 Å². The van der Waals surface area contributed by atoms with Crippen LogP contribution in [0.1, 0.15) is 12.0 Å². The van der Waals surface area contributed by atoms with Crippen molar-refractivity contribution in [3.8, 4) is 5.75 Å². The van der Waals surface area contributed by atoms with Gasteiger partial charge >= 0.3 is 0 Å². The molecule has 0 saturated heterocycles. The molecule has 5 heteroatoms. The van der Waals surface area contributed by atoms with E-state index < -0.39 is 0 Å². The van der Waals surface area contributed by atoms with E-state index in [1.165, 1.54) is 0 Å². The molecular weight excluding hydrogens is 216 g/mol. The van der Waals surface area contributed by atoms with Crippen LogP contribution >= 0.6 is 11.6 Å². The van der Waals surface area contributed by atoms with Crippen molar-refractivity contribution < 1.29 is 9.53 Å². The fraction of sp³-hybridized carbons (Fsp3) is 0.300. The summed E-state index contributed by atoms with van der Waals surface area (Å²) in [5.41, 5.74) is 2.97. The summed E-state index contributed by atoms with van der Waals surface area (Å²) in [4.78, 5) is 10.9. The summed E-state index contributed by atoms with van der Waals surface area (Å²) in [6.07, 6.45) is 0.883. The zero-order valence-electron chi connectivity index (χ0n) is 8.42. The number of benzene rings is 1. The first-order valence-corrected chi connectivity index (χ1v) is 4.87. The fourth-order valence-corrected chi connectivity index (χ4v) is 1.44. The van der Waals surface area contributed by atoms with E-state index in [9.17, 15) is 4.79 Å². The molecule has 0 aliphatic rings. The lowest BCUT2D eigenvalue weighted by Crippen LogP contribution is -2.30. The molecule has 3 N–H and O–H groups in total. The molecule has 1 rings (SSSR count). The fourth-order valence-electron chi connectivity index (χ4n) is 1.18. The highest BCUT2D eigenvalue weighted by molar-refractivity contribution is 6.31. The SMILES string of the molecule is COc1ccc(CCC(=O)NN)c(Cl)c1. The summed E-state index contributed by atoms with van der Waals surface area (Å²) in [6, 6.07) is 5.36. The molecule has 0 aromatic heterocycles. The van der Waals surface area contributed by atoms with Gasteiger partial charge in [0.1, 0.15) is 5.75 Å². The molecule has 0 aliphatic heterocycles. The molecule has 0 bridgehead atoms. The second-order valence-corrected chi connectivity index (χ2v) is 3.43. The van der Waals surface area contributed by atoms with Crippen LogP contribution in [0.5, 0.6) is 5.75 Å². The van der Waals surface area contributed by atoms with E-state index in [-0.39, 0.29) is 5.91 Å². The minimum Gasteiger partial charge on any atom is -0.497 e. The standard InChI is InChI=1S/C10H13ClN2O2/c1-15-8-4-2-7(9(11)6-8)3-5-10(14)13-12/h2,4,6H,3,5,12H2,1H3,(H,13,14). The first-order valence-electron chi connectivity index (χ1n) is 4.49. The summed E-state index contributed by atoms with van der Waals surface area (Å²) >= 11 is 5.99. The van der Waals surface area contributed by atoms with Crippen molar-refractivity contribution in [1.82, 2.24) is 5.43 Å². The number of rotatable bonds is 4. The van der Waals surface area contributed by atoms with Gasteiger partial charge in [-0.05, 0) is 24.1 Å². The highest BCUT2D eigenvalue weighted by Crippen LogP contribution is 2.23. The number of hydrogen-bond donors (Lipinski definition) is 2. The predicted octanol–water partition coefficient (Wildman–Crippen LogP) is 1.27. The van der Waals surface area contributed by atoms with Crippen molar-refractivity contribution in [3.63, 3.8) is 0 Å². The molecule has 4 nitrogen and oxygen atoms in total. The van der Waals surface area contributed by atoms with Crippen LogP contribution in [0.2, 0.25) is 5.02 Å². The first kappa shape index (κ1) is 11.8. The van der Waals surface area contributed by atoms with E-state index in [2.05, 4.69) is 5.43 Å². The van der Waals surface area contributed by atoms with Crippen LogP contribution in [-0.2, 0) is 11.2 Å². The number of halogens is 1. The van der Waals surface area contributed by atoms with Crippen molar-refractivity contribution in [2.45, 2.75) is 12.8 Å².